The van der Waals surface area contributed by atoms with Gasteiger partial charge in [0.25, 0.3) is 0 Å². The summed E-state index contributed by atoms with van der Waals surface area (Å²) in [4.78, 5) is 16.3. The number of benzene rings is 6. The van der Waals surface area contributed by atoms with Crippen LogP contribution in [-0.4, -0.2) is 27.8 Å². The predicted molar refractivity (Wildman–Crippen MR) is 219 cm³/mol. The highest BCUT2D eigenvalue weighted by atomic mass is 15.2. The molecule has 0 fully saturated rings. The Morgan fingerprint density at radius 2 is 0.943 bits per heavy atom. The van der Waals surface area contributed by atoms with Gasteiger partial charge in [0.2, 0.25) is 0 Å². The molecule has 0 bridgehead atoms. The van der Waals surface area contributed by atoms with Gasteiger partial charge in [-0.1, -0.05) is 133 Å². The Balaban J connectivity index is 1.11. The van der Waals surface area contributed by atoms with Gasteiger partial charge in [0, 0.05) is 48.5 Å². The quantitative estimate of drug-likeness (QED) is 0.168. The summed E-state index contributed by atoms with van der Waals surface area (Å²) in [7, 11) is 2.14. The Kier molecular flexibility index (Phi) is 8.47. The van der Waals surface area contributed by atoms with Gasteiger partial charge in [-0.05, 0) is 91.7 Å². The molecular formula is C49H36N4. The molecule has 1 atom stereocenters. The Morgan fingerprint density at radius 1 is 0.434 bits per heavy atom. The molecule has 1 aliphatic rings. The summed E-state index contributed by atoms with van der Waals surface area (Å²) in [5, 5.41) is 2.42. The molecule has 6 aromatic carbocycles. The highest BCUT2D eigenvalue weighted by molar-refractivity contribution is 6.06. The Morgan fingerprint density at radius 3 is 1.51 bits per heavy atom. The standard InChI is InChI=1S/C49H36N4/c1-53-48(31-47(35-12-4-2-5-13-35)52-49(53)37-14-6-3-7-15-37)36-22-20-34(21-23-36)43-24-25-44(46-19-9-8-18-45(43)46)42-29-40(38-16-10-26-50-32-38)28-41(30-42)39-17-11-27-51-33-39/h2-33,48H,1H3. The number of hydrogen-bond donors (Lipinski definition) is 0. The number of hydrogen-bond acceptors (Lipinski definition) is 4. The van der Waals surface area contributed by atoms with Crippen molar-refractivity contribution in [3.05, 3.63) is 211 Å². The first kappa shape index (κ1) is 32.0. The second-order valence-corrected chi connectivity index (χ2v) is 13.4. The monoisotopic (exact) mass is 680 g/mol. The minimum absolute atomic E-state index is 0.0205. The number of rotatable bonds is 7. The molecule has 4 heteroatoms. The van der Waals surface area contributed by atoms with Crippen LogP contribution in [0.25, 0.3) is 61.0 Å². The van der Waals surface area contributed by atoms with Crippen molar-refractivity contribution in [2.45, 2.75) is 6.04 Å². The minimum Gasteiger partial charge on any atom is -0.349 e. The molecule has 2 aromatic heterocycles. The molecule has 1 unspecified atom stereocenters. The van der Waals surface area contributed by atoms with Crippen molar-refractivity contribution < 1.29 is 0 Å². The number of likely N-dealkylation sites (N-methyl/N-ethyl adjacent to an activating group) is 1. The van der Waals surface area contributed by atoms with Crippen LogP contribution in [0.3, 0.4) is 0 Å². The van der Waals surface area contributed by atoms with Crippen molar-refractivity contribution in [1.29, 1.82) is 0 Å². The molecule has 53 heavy (non-hydrogen) atoms. The van der Waals surface area contributed by atoms with Crippen LogP contribution in [0.2, 0.25) is 0 Å². The van der Waals surface area contributed by atoms with Crippen LogP contribution in [0.1, 0.15) is 22.7 Å². The Hall–Kier alpha value is -6.91. The van der Waals surface area contributed by atoms with E-state index in [1.807, 2.05) is 49.1 Å². The summed E-state index contributed by atoms with van der Waals surface area (Å²) in [6.45, 7) is 0. The van der Waals surface area contributed by atoms with E-state index in [9.17, 15) is 0 Å². The average molecular weight is 681 g/mol. The summed E-state index contributed by atoms with van der Waals surface area (Å²) in [5.74, 6) is 0.960. The third-order valence-electron chi connectivity index (χ3n) is 10.1. The van der Waals surface area contributed by atoms with Crippen molar-refractivity contribution in [2.75, 3.05) is 7.05 Å². The lowest BCUT2D eigenvalue weighted by molar-refractivity contribution is 0.435. The van der Waals surface area contributed by atoms with Gasteiger partial charge in [0.1, 0.15) is 5.84 Å². The summed E-state index contributed by atoms with van der Waals surface area (Å²) in [5.41, 5.74) is 13.5. The van der Waals surface area contributed by atoms with Crippen LogP contribution in [0.15, 0.2) is 200 Å². The van der Waals surface area contributed by atoms with Crippen molar-refractivity contribution in [1.82, 2.24) is 14.9 Å². The molecule has 252 valence electrons. The fraction of sp³-hybridized carbons (Fsp3) is 0.0408. The fourth-order valence-corrected chi connectivity index (χ4v) is 7.41. The van der Waals surface area contributed by atoms with Crippen molar-refractivity contribution >= 4 is 22.3 Å². The maximum absolute atomic E-state index is 5.15. The lowest BCUT2D eigenvalue weighted by Crippen LogP contribution is -2.33. The molecule has 0 radical (unpaired) electrons. The maximum Gasteiger partial charge on any atom is 0.137 e. The second-order valence-electron chi connectivity index (χ2n) is 13.4. The van der Waals surface area contributed by atoms with E-state index in [1.54, 1.807) is 0 Å². The lowest BCUT2D eigenvalue weighted by atomic mass is 9.89. The molecule has 0 amide bonds. The van der Waals surface area contributed by atoms with Crippen molar-refractivity contribution in [2.24, 2.45) is 4.99 Å². The normalized spacial score (nSPS) is 14.1. The first-order valence-electron chi connectivity index (χ1n) is 17.9. The molecule has 0 N–H and O–H groups in total. The van der Waals surface area contributed by atoms with Gasteiger partial charge in [-0.3, -0.25) is 9.97 Å². The molecule has 1 aliphatic heterocycles. The van der Waals surface area contributed by atoms with Gasteiger partial charge >= 0.3 is 0 Å². The van der Waals surface area contributed by atoms with Gasteiger partial charge in [0.15, 0.2) is 0 Å². The molecule has 0 spiro atoms. The van der Waals surface area contributed by atoms with Crippen molar-refractivity contribution in [3.63, 3.8) is 0 Å². The average Bonchev–Trinajstić information content (AvgIpc) is 3.24. The minimum atomic E-state index is 0.0205. The van der Waals surface area contributed by atoms with E-state index >= 15 is 0 Å². The Bertz CT molecular complexity index is 2540. The van der Waals surface area contributed by atoms with Crippen LogP contribution in [0, 0.1) is 0 Å². The zero-order valence-corrected chi connectivity index (χ0v) is 29.3. The van der Waals surface area contributed by atoms with Crippen LogP contribution in [0.5, 0.6) is 0 Å². The van der Waals surface area contributed by atoms with E-state index in [-0.39, 0.29) is 6.04 Å². The fourth-order valence-electron chi connectivity index (χ4n) is 7.41. The number of aliphatic imine (C=N–C) groups is 1. The van der Waals surface area contributed by atoms with Crippen LogP contribution in [-0.2, 0) is 0 Å². The van der Waals surface area contributed by atoms with Gasteiger partial charge < -0.3 is 4.90 Å². The molecule has 0 saturated carbocycles. The van der Waals surface area contributed by atoms with E-state index < -0.39 is 0 Å². The van der Waals surface area contributed by atoms with E-state index in [0.717, 1.165) is 50.5 Å². The van der Waals surface area contributed by atoms with Gasteiger partial charge in [-0.25, -0.2) is 4.99 Å². The number of fused-ring (bicyclic) bond motifs is 1. The van der Waals surface area contributed by atoms with E-state index in [4.69, 9.17) is 4.99 Å². The van der Waals surface area contributed by atoms with Crippen LogP contribution >= 0.6 is 0 Å². The molecule has 9 rings (SSSR count). The predicted octanol–water partition coefficient (Wildman–Crippen LogP) is 11.8. The van der Waals surface area contributed by atoms with Crippen molar-refractivity contribution in [3.8, 4) is 44.5 Å². The van der Waals surface area contributed by atoms with Crippen LogP contribution < -0.4 is 0 Å². The lowest BCUT2D eigenvalue weighted by Gasteiger charge is -2.33. The summed E-state index contributed by atoms with van der Waals surface area (Å²) in [6.07, 6.45) is 9.76. The molecule has 4 nitrogen and oxygen atoms in total. The smallest absolute Gasteiger partial charge is 0.137 e. The summed E-state index contributed by atoms with van der Waals surface area (Å²) in [6, 6.07) is 58.3. The van der Waals surface area contributed by atoms with Gasteiger partial charge in [-0.2, -0.15) is 0 Å². The van der Waals surface area contributed by atoms with Crippen LogP contribution in [0.4, 0.5) is 0 Å². The molecule has 0 saturated heterocycles. The number of amidine groups is 1. The molecule has 0 aliphatic carbocycles. The Labute approximate surface area is 310 Å². The summed E-state index contributed by atoms with van der Waals surface area (Å²) >= 11 is 0. The van der Waals surface area contributed by atoms with Gasteiger partial charge in [-0.15, -0.1) is 0 Å². The summed E-state index contributed by atoms with van der Waals surface area (Å²) < 4.78 is 0. The third-order valence-corrected chi connectivity index (χ3v) is 10.1. The number of aromatic nitrogens is 2. The van der Waals surface area contributed by atoms with Gasteiger partial charge in [0.05, 0.1) is 11.7 Å². The zero-order chi connectivity index (χ0) is 35.6. The highest BCUT2D eigenvalue weighted by Gasteiger charge is 2.25. The molecule has 8 aromatic rings. The number of pyridine rings is 2. The molecule has 3 heterocycles. The third kappa shape index (κ3) is 6.32. The molecular weight excluding hydrogens is 645 g/mol. The van der Waals surface area contributed by atoms with E-state index in [1.165, 1.54) is 33.0 Å². The first-order valence-corrected chi connectivity index (χ1v) is 17.9. The maximum atomic E-state index is 5.15. The topological polar surface area (TPSA) is 41.4 Å². The van der Waals surface area contributed by atoms with E-state index in [2.05, 4.69) is 168 Å². The highest BCUT2D eigenvalue weighted by Crippen LogP contribution is 2.40. The zero-order valence-electron chi connectivity index (χ0n) is 29.3. The number of nitrogens with zero attached hydrogens (tertiary/aromatic N) is 4. The largest absolute Gasteiger partial charge is 0.349 e. The van der Waals surface area contributed by atoms with E-state index in [0.29, 0.717) is 0 Å². The first-order chi connectivity index (χ1) is 26.2. The second kappa shape index (κ2) is 14.0. The SMILES string of the molecule is CN1C(c2ccccc2)=NC(c2ccccc2)=CC1c1ccc(-c2ccc(-c3cc(-c4cccnc4)cc(-c4cccnc4)c3)c3ccccc23)cc1.